The van der Waals surface area contributed by atoms with Crippen molar-refractivity contribution in [3.8, 4) is 0 Å². The standard InChI is InChI=1S/C28H24Cl2FN5O3S/c1-40(38,39)36(24-14-20(13-23(31)15-24)27(37)34-28-32-11-2-12-33-28)25-16-35(17-25)26(18-3-7-21(29)8-4-18)19-5-9-22(30)10-6-19/h2-15,25-26H,16-17H2,1H3,(H,32,33,34,37). The molecule has 1 aliphatic rings. The largest absolute Gasteiger partial charge is 0.290 e. The van der Waals surface area contributed by atoms with Crippen LogP contribution in [0.25, 0.3) is 0 Å². The predicted molar refractivity (Wildman–Crippen MR) is 154 cm³/mol. The van der Waals surface area contributed by atoms with E-state index in [1.54, 1.807) is 30.3 Å². The highest BCUT2D eigenvalue weighted by molar-refractivity contribution is 7.92. The molecule has 40 heavy (non-hydrogen) atoms. The first-order chi connectivity index (χ1) is 19.1. The molecule has 0 atom stereocenters. The van der Waals surface area contributed by atoms with Gasteiger partial charge >= 0.3 is 0 Å². The summed E-state index contributed by atoms with van der Waals surface area (Å²) >= 11 is 12.2. The van der Waals surface area contributed by atoms with Gasteiger partial charge in [0.25, 0.3) is 5.91 Å². The Bertz CT molecular complexity index is 1570. The van der Waals surface area contributed by atoms with E-state index in [9.17, 15) is 17.6 Å². The number of sulfonamides is 1. The lowest BCUT2D eigenvalue weighted by Gasteiger charge is -2.48. The van der Waals surface area contributed by atoms with E-state index in [1.165, 1.54) is 22.8 Å². The number of anilines is 2. The molecule has 1 aliphatic heterocycles. The van der Waals surface area contributed by atoms with E-state index in [1.807, 2.05) is 24.3 Å². The van der Waals surface area contributed by atoms with Crippen LogP contribution in [-0.4, -0.2) is 54.6 Å². The zero-order valence-corrected chi connectivity index (χ0v) is 23.5. The molecule has 206 valence electrons. The average molecular weight is 601 g/mol. The Balaban J connectivity index is 1.42. The third kappa shape index (κ3) is 6.26. The van der Waals surface area contributed by atoms with Crippen molar-refractivity contribution in [1.29, 1.82) is 0 Å². The van der Waals surface area contributed by atoms with Crippen LogP contribution in [0.5, 0.6) is 0 Å². The Labute approximate surface area is 241 Å². The van der Waals surface area contributed by atoms with Gasteiger partial charge in [-0.05, 0) is 59.7 Å². The zero-order chi connectivity index (χ0) is 28.4. The number of amides is 1. The molecule has 0 saturated carbocycles. The first kappa shape index (κ1) is 28.0. The van der Waals surface area contributed by atoms with Crippen LogP contribution in [0.1, 0.15) is 27.5 Å². The van der Waals surface area contributed by atoms with E-state index in [2.05, 4.69) is 20.2 Å². The molecule has 0 bridgehead atoms. The first-order valence-electron chi connectivity index (χ1n) is 12.2. The van der Waals surface area contributed by atoms with Crippen LogP contribution < -0.4 is 9.62 Å². The molecule has 8 nitrogen and oxygen atoms in total. The molecule has 2 heterocycles. The Morgan fingerprint density at radius 2 is 1.52 bits per heavy atom. The van der Waals surface area contributed by atoms with Gasteiger partial charge in [-0.3, -0.25) is 19.3 Å². The van der Waals surface area contributed by atoms with E-state index in [-0.39, 0.29) is 23.2 Å². The molecule has 4 aromatic rings. The summed E-state index contributed by atoms with van der Waals surface area (Å²) in [6.45, 7) is 0.720. The molecule has 1 fully saturated rings. The minimum Gasteiger partial charge on any atom is -0.290 e. The quantitative estimate of drug-likeness (QED) is 0.291. The number of likely N-dealkylation sites (tertiary alicyclic amines) is 1. The van der Waals surface area contributed by atoms with Crippen molar-refractivity contribution in [1.82, 2.24) is 14.9 Å². The van der Waals surface area contributed by atoms with Crippen molar-refractivity contribution in [3.05, 3.63) is 118 Å². The van der Waals surface area contributed by atoms with Crippen LogP contribution in [0.3, 0.4) is 0 Å². The SMILES string of the molecule is CS(=O)(=O)N(c1cc(F)cc(C(=O)Nc2ncccn2)c1)C1CN(C(c2ccc(Cl)cc2)c2ccc(Cl)cc2)C1. The van der Waals surface area contributed by atoms with Gasteiger partial charge in [0, 0.05) is 41.1 Å². The number of carbonyl (C=O) groups is 1. The molecular weight excluding hydrogens is 576 g/mol. The minimum absolute atomic E-state index is 0.0448. The highest BCUT2D eigenvalue weighted by atomic mass is 35.5. The van der Waals surface area contributed by atoms with Gasteiger partial charge in [0.1, 0.15) is 5.82 Å². The summed E-state index contributed by atoms with van der Waals surface area (Å²) in [5, 5.41) is 3.70. The lowest BCUT2D eigenvalue weighted by molar-refractivity contribution is 0.102. The van der Waals surface area contributed by atoms with Gasteiger partial charge in [-0.25, -0.2) is 22.8 Å². The van der Waals surface area contributed by atoms with E-state index < -0.39 is 27.8 Å². The smallest absolute Gasteiger partial charge is 0.258 e. The fourth-order valence-electron chi connectivity index (χ4n) is 4.79. The van der Waals surface area contributed by atoms with Gasteiger partial charge < -0.3 is 0 Å². The summed E-state index contributed by atoms with van der Waals surface area (Å²) in [7, 11) is -3.84. The Kier molecular flexibility index (Phi) is 8.04. The number of aromatic nitrogens is 2. The summed E-state index contributed by atoms with van der Waals surface area (Å²) in [5.41, 5.74) is 1.95. The van der Waals surface area contributed by atoms with Gasteiger partial charge in [0.05, 0.1) is 24.0 Å². The topological polar surface area (TPSA) is 95.5 Å². The van der Waals surface area contributed by atoms with Crippen LogP contribution >= 0.6 is 23.2 Å². The number of hydrogen-bond donors (Lipinski definition) is 1. The number of rotatable bonds is 8. The molecule has 12 heteroatoms. The maximum Gasteiger partial charge on any atom is 0.258 e. The van der Waals surface area contributed by atoms with Crippen LogP contribution in [-0.2, 0) is 10.0 Å². The number of carbonyl (C=O) groups excluding carboxylic acids is 1. The maximum absolute atomic E-state index is 14.7. The molecule has 0 radical (unpaired) electrons. The maximum atomic E-state index is 14.7. The summed E-state index contributed by atoms with van der Waals surface area (Å²) in [6.07, 6.45) is 3.97. The predicted octanol–water partition coefficient (Wildman–Crippen LogP) is 5.41. The van der Waals surface area contributed by atoms with Crippen LogP contribution in [0.2, 0.25) is 10.0 Å². The monoisotopic (exact) mass is 599 g/mol. The van der Waals surface area contributed by atoms with E-state index >= 15 is 0 Å². The van der Waals surface area contributed by atoms with Gasteiger partial charge in [0.15, 0.2) is 0 Å². The van der Waals surface area contributed by atoms with Gasteiger partial charge in [-0.2, -0.15) is 0 Å². The number of nitrogens with zero attached hydrogens (tertiary/aromatic N) is 4. The fourth-order valence-corrected chi connectivity index (χ4v) is 6.21. The van der Waals surface area contributed by atoms with Gasteiger partial charge in [0.2, 0.25) is 16.0 Å². The molecule has 3 aromatic carbocycles. The highest BCUT2D eigenvalue weighted by Crippen LogP contribution is 2.37. The van der Waals surface area contributed by atoms with E-state index in [0.717, 1.165) is 29.5 Å². The van der Waals surface area contributed by atoms with Gasteiger partial charge in [-0.15, -0.1) is 0 Å². The molecule has 0 unspecified atom stereocenters. The summed E-state index contributed by atoms with van der Waals surface area (Å²) in [5.74, 6) is -1.37. The third-order valence-electron chi connectivity index (χ3n) is 6.51. The van der Waals surface area contributed by atoms with E-state index in [4.69, 9.17) is 23.2 Å². The number of nitrogens with one attached hydrogen (secondary N) is 1. The summed E-state index contributed by atoms with van der Waals surface area (Å²) in [6, 6.07) is 19.3. The molecule has 1 N–H and O–H groups in total. The highest BCUT2D eigenvalue weighted by Gasteiger charge is 2.41. The fraction of sp³-hybridized carbons (Fsp3) is 0.179. The third-order valence-corrected chi connectivity index (χ3v) is 8.23. The number of hydrogen-bond acceptors (Lipinski definition) is 6. The first-order valence-corrected chi connectivity index (χ1v) is 14.8. The average Bonchev–Trinajstić information content (AvgIpc) is 2.88. The molecule has 1 amide bonds. The summed E-state index contributed by atoms with van der Waals surface area (Å²) < 4.78 is 41.8. The van der Waals surface area contributed by atoms with Crippen LogP contribution in [0.15, 0.2) is 85.2 Å². The second-order valence-corrected chi connectivity index (χ2v) is 12.1. The van der Waals surface area contributed by atoms with Crippen molar-refractivity contribution in [2.24, 2.45) is 0 Å². The van der Waals surface area contributed by atoms with Crippen molar-refractivity contribution in [2.45, 2.75) is 12.1 Å². The molecule has 0 aliphatic carbocycles. The summed E-state index contributed by atoms with van der Waals surface area (Å²) in [4.78, 5) is 22.8. The van der Waals surface area contributed by atoms with Crippen LogP contribution in [0.4, 0.5) is 16.0 Å². The number of benzene rings is 3. The number of halogens is 3. The second kappa shape index (κ2) is 11.5. The molecule has 0 spiro atoms. The second-order valence-electron chi connectivity index (χ2n) is 9.40. The Morgan fingerprint density at radius 1 is 0.975 bits per heavy atom. The van der Waals surface area contributed by atoms with Crippen molar-refractivity contribution >= 4 is 50.8 Å². The van der Waals surface area contributed by atoms with Crippen molar-refractivity contribution in [3.63, 3.8) is 0 Å². The molecular formula is C28H24Cl2FN5O3S. The molecule has 1 aromatic heterocycles. The minimum atomic E-state index is -3.84. The van der Waals surface area contributed by atoms with Crippen molar-refractivity contribution < 1.29 is 17.6 Å². The molecule has 1 saturated heterocycles. The Morgan fingerprint density at radius 3 is 2.05 bits per heavy atom. The van der Waals surface area contributed by atoms with Crippen molar-refractivity contribution in [2.75, 3.05) is 29.0 Å². The normalized spacial score (nSPS) is 14.1. The Hall–Kier alpha value is -3.57. The lowest BCUT2D eigenvalue weighted by Crippen LogP contribution is -2.61. The van der Waals surface area contributed by atoms with E-state index in [0.29, 0.717) is 23.1 Å². The van der Waals surface area contributed by atoms with Crippen LogP contribution in [0, 0.1) is 5.82 Å². The molecule has 5 rings (SSSR count). The lowest BCUT2D eigenvalue weighted by atomic mass is 9.93. The zero-order valence-electron chi connectivity index (χ0n) is 21.2. The van der Waals surface area contributed by atoms with Gasteiger partial charge in [-0.1, -0.05) is 47.5 Å².